The quantitative estimate of drug-likeness (QED) is 0.794. The summed E-state index contributed by atoms with van der Waals surface area (Å²) in [5.74, 6) is -0.140. The number of benzene rings is 1. The molecule has 88 valence electrons. The average Bonchev–Trinajstić information content (AvgIpc) is 2.44. The standard InChI is InChI=1S/C11H15NO3S/c1-8-4-2-3-5-9(8)12-10-6-16(14,15)7-11(10)13/h2-5,10-13H,6-7H2,1H3/t10-,11+/m0/s1. The fraction of sp³-hybridized carbons (Fsp3) is 0.455. The molecule has 1 aliphatic rings. The molecular formula is C11H15NO3S. The lowest BCUT2D eigenvalue weighted by Crippen LogP contribution is -2.32. The van der Waals surface area contributed by atoms with E-state index in [0.29, 0.717) is 0 Å². The van der Waals surface area contributed by atoms with Crippen molar-refractivity contribution in [1.29, 1.82) is 0 Å². The first kappa shape index (κ1) is 11.4. The number of hydrogen-bond donors (Lipinski definition) is 2. The number of aliphatic hydroxyl groups is 1. The maximum absolute atomic E-state index is 11.3. The minimum atomic E-state index is -3.09. The van der Waals surface area contributed by atoms with E-state index in [9.17, 15) is 13.5 Å². The van der Waals surface area contributed by atoms with E-state index in [1.807, 2.05) is 31.2 Å². The van der Waals surface area contributed by atoms with Crippen molar-refractivity contribution in [2.24, 2.45) is 0 Å². The van der Waals surface area contributed by atoms with Crippen LogP contribution < -0.4 is 5.32 Å². The van der Waals surface area contributed by atoms with Gasteiger partial charge in [-0.3, -0.25) is 0 Å². The molecule has 0 unspecified atom stereocenters. The van der Waals surface area contributed by atoms with Crippen molar-refractivity contribution in [3.63, 3.8) is 0 Å². The molecule has 0 bridgehead atoms. The third kappa shape index (κ3) is 2.36. The molecule has 1 saturated heterocycles. The molecule has 0 saturated carbocycles. The van der Waals surface area contributed by atoms with Crippen molar-refractivity contribution in [1.82, 2.24) is 0 Å². The van der Waals surface area contributed by atoms with Crippen LogP contribution in [0.5, 0.6) is 0 Å². The van der Waals surface area contributed by atoms with E-state index in [-0.39, 0.29) is 11.5 Å². The monoisotopic (exact) mass is 241 g/mol. The van der Waals surface area contributed by atoms with Crippen LogP contribution in [-0.2, 0) is 9.84 Å². The fourth-order valence-electron chi connectivity index (χ4n) is 1.90. The summed E-state index contributed by atoms with van der Waals surface area (Å²) in [6, 6.07) is 7.23. The van der Waals surface area contributed by atoms with Gasteiger partial charge in [0, 0.05) is 5.69 Å². The normalized spacial score (nSPS) is 27.9. The molecule has 2 atom stereocenters. The van der Waals surface area contributed by atoms with Gasteiger partial charge in [0.25, 0.3) is 0 Å². The van der Waals surface area contributed by atoms with Crippen LogP contribution in [0.3, 0.4) is 0 Å². The Morgan fingerprint density at radius 3 is 2.56 bits per heavy atom. The van der Waals surface area contributed by atoms with Gasteiger partial charge in [-0.15, -0.1) is 0 Å². The van der Waals surface area contributed by atoms with Gasteiger partial charge in [0.15, 0.2) is 9.84 Å². The molecule has 1 aromatic carbocycles. The number of hydrogen-bond acceptors (Lipinski definition) is 4. The molecule has 2 rings (SSSR count). The van der Waals surface area contributed by atoms with Crippen molar-refractivity contribution in [3.05, 3.63) is 29.8 Å². The molecule has 1 aliphatic heterocycles. The predicted molar refractivity (Wildman–Crippen MR) is 63.3 cm³/mol. The summed E-state index contributed by atoms with van der Waals surface area (Å²) in [6.45, 7) is 1.94. The average molecular weight is 241 g/mol. The highest BCUT2D eigenvalue weighted by Gasteiger charge is 2.36. The Balaban J connectivity index is 2.15. The molecule has 0 aliphatic carbocycles. The summed E-state index contributed by atoms with van der Waals surface area (Å²) in [4.78, 5) is 0. The number of nitrogens with one attached hydrogen (secondary N) is 1. The summed E-state index contributed by atoms with van der Waals surface area (Å²) in [7, 11) is -3.09. The summed E-state index contributed by atoms with van der Waals surface area (Å²) in [5, 5.41) is 12.7. The van der Waals surface area contributed by atoms with Gasteiger partial charge in [-0.05, 0) is 18.6 Å². The van der Waals surface area contributed by atoms with Crippen LogP contribution in [0.15, 0.2) is 24.3 Å². The van der Waals surface area contributed by atoms with Crippen LogP contribution in [0, 0.1) is 6.92 Å². The van der Waals surface area contributed by atoms with E-state index < -0.39 is 22.0 Å². The lowest BCUT2D eigenvalue weighted by atomic mass is 10.1. The van der Waals surface area contributed by atoms with Crippen LogP contribution in [0.1, 0.15) is 5.56 Å². The van der Waals surface area contributed by atoms with Crippen molar-refractivity contribution in [2.75, 3.05) is 16.8 Å². The molecule has 16 heavy (non-hydrogen) atoms. The van der Waals surface area contributed by atoms with Gasteiger partial charge < -0.3 is 10.4 Å². The summed E-state index contributed by atoms with van der Waals surface area (Å²) in [6.07, 6.45) is -0.815. The molecule has 1 heterocycles. The molecule has 0 amide bonds. The smallest absolute Gasteiger partial charge is 0.155 e. The van der Waals surface area contributed by atoms with Crippen molar-refractivity contribution in [3.8, 4) is 0 Å². The minimum Gasteiger partial charge on any atom is -0.390 e. The first-order valence-electron chi connectivity index (χ1n) is 5.18. The number of anilines is 1. The van der Waals surface area contributed by atoms with Crippen LogP contribution in [-0.4, -0.2) is 37.2 Å². The van der Waals surface area contributed by atoms with E-state index >= 15 is 0 Å². The summed E-state index contributed by atoms with van der Waals surface area (Å²) >= 11 is 0. The Bertz CT molecular complexity index is 484. The van der Waals surface area contributed by atoms with E-state index in [4.69, 9.17) is 0 Å². The molecule has 2 N–H and O–H groups in total. The maximum Gasteiger partial charge on any atom is 0.155 e. The second-order valence-electron chi connectivity index (χ2n) is 4.21. The lowest BCUT2D eigenvalue weighted by Gasteiger charge is -2.17. The maximum atomic E-state index is 11.3. The fourth-order valence-corrected chi connectivity index (χ4v) is 3.64. The Labute approximate surface area is 95.2 Å². The van der Waals surface area contributed by atoms with Gasteiger partial charge in [-0.25, -0.2) is 8.42 Å². The molecule has 0 radical (unpaired) electrons. The van der Waals surface area contributed by atoms with E-state index in [2.05, 4.69) is 5.32 Å². The van der Waals surface area contributed by atoms with E-state index in [1.165, 1.54) is 0 Å². The number of sulfone groups is 1. The molecule has 1 aromatic rings. The third-order valence-corrected chi connectivity index (χ3v) is 4.52. The molecule has 5 heteroatoms. The molecule has 0 spiro atoms. The van der Waals surface area contributed by atoms with Crippen molar-refractivity contribution >= 4 is 15.5 Å². The highest BCUT2D eigenvalue weighted by molar-refractivity contribution is 7.91. The molecular weight excluding hydrogens is 226 g/mol. The number of aryl methyl sites for hydroxylation is 1. The molecule has 1 fully saturated rings. The zero-order chi connectivity index (χ0) is 11.8. The van der Waals surface area contributed by atoms with E-state index in [1.54, 1.807) is 0 Å². The summed E-state index contributed by atoms with van der Waals surface area (Å²) in [5.41, 5.74) is 1.92. The topological polar surface area (TPSA) is 66.4 Å². The third-order valence-electron chi connectivity index (χ3n) is 2.81. The highest BCUT2D eigenvalue weighted by atomic mass is 32.2. The van der Waals surface area contributed by atoms with Gasteiger partial charge in [0.1, 0.15) is 0 Å². The SMILES string of the molecule is Cc1ccccc1N[C@H]1CS(=O)(=O)C[C@H]1O. The van der Waals surface area contributed by atoms with Crippen LogP contribution >= 0.6 is 0 Å². The zero-order valence-electron chi connectivity index (χ0n) is 9.05. The number of aliphatic hydroxyl groups excluding tert-OH is 1. The zero-order valence-corrected chi connectivity index (χ0v) is 9.87. The van der Waals surface area contributed by atoms with Crippen molar-refractivity contribution in [2.45, 2.75) is 19.1 Å². The Morgan fingerprint density at radius 1 is 1.31 bits per heavy atom. The van der Waals surface area contributed by atoms with Gasteiger partial charge >= 0.3 is 0 Å². The highest BCUT2D eigenvalue weighted by Crippen LogP contribution is 2.20. The summed E-state index contributed by atoms with van der Waals surface area (Å²) < 4.78 is 22.7. The Kier molecular flexibility index (Phi) is 2.90. The van der Waals surface area contributed by atoms with Gasteiger partial charge in [-0.2, -0.15) is 0 Å². The van der Waals surface area contributed by atoms with Gasteiger partial charge in [0.2, 0.25) is 0 Å². The molecule has 0 aromatic heterocycles. The number of para-hydroxylation sites is 1. The van der Waals surface area contributed by atoms with Crippen LogP contribution in [0.4, 0.5) is 5.69 Å². The second kappa shape index (κ2) is 4.07. The Morgan fingerprint density at radius 2 is 2.00 bits per heavy atom. The first-order valence-corrected chi connectivity index (χ1v) is 7.01. The Hall–Kier alpha value is -1.07. The van der Waals surface area contributed by atoms with Crippen LogP contribution in [0.2, 0.25) is 0 Å². The lowest BCUT2D eigenvalue weighted by molar-refractivity contribution is 0.190. The number of rotatable bonds is 2. The van der Waals surface area contributed by atoms with E-state index in [0.717, 1.165) is 11.3 Å². The molecule has 4 nitrogen and oxygen atoms in total. The van der Waals surface area contributed by atoms with Crippen molar-refractivity contribution < 1.29 is 13.5 Å². The first-order chi connectivity index (χ1) is 7.48. The van der Waals surface area contributed by atoms with Gasteiger partial charge in [0.05, 0.1) is 23.7 Å². The van der Waals surface area contributed by atoms with Crippen LogP contribution in [0.25, 0.3) is 0 Å². The predicted octanol–water partition coefficient (Wildman–Crippen LogP) is 0.565. The minimum absolute atomic E-state index is 0.00248. The largest absolute Gasteiger partial charge is 0.390 e. The second-order valence-corrected chi connectivity index (χ2v) is 6.36. The van der Waals surface area contributed by atoms with Gasteiger partial charge in [-0.1, -0.05) is 18.2 Å².